The molecule has 0 saturated heterocycles. The molecule has 2 heterocycles. The van der Waals surface area contributed by atoms with Crippen molar-refractivity contribution in [3.63, 3.8) is 0 Å². The topological polar surface area (TPSA) is 84.3 Å². The number of benzene rings is 1. The highest BCUT2D eigenvalue weighted by Gasteiger charge is 2.30. The molecule has 0 bridgehead atoms. The van der Waals surface area contributed by atoms with E-state index in [-0.39, 0.29) is 11.6 Å². The molecule has 6 nitrogen and oxygen atoms in total. The normalized spacial score (nSPS) is 12.8. The molecule has 3 aromatic rings. The monoisotopic (exact) mass is 399 g/mol. The lowest BCUT2D eigenvalue weighted by Crippen LogP contribution is -2.42. The van der Waals surface area contributed by atoms with Crippen LogP contribution in [-0.4, -0.2) is 32.3 Å². The van der Waals surface area contributed by atoms with Gasteiger partial charge >= 0.3 is 0 Å². The van der Waals surface area contributed by atoms with Gasteiger partial charge in [-0.25, -0.2) is 9.37 Å². The van der Waals surface area contributed by atoms with Gasteiger partial charge in [0.1, 0.15) is 17.2 Å². The van der Waals surface area contributed by atoms with Gasteiger partial charge in [-0.2, -0.15) is 0 Å². The number of rotatable bonds is 7. The lowest BCUT2D eigenvalue weighted by molar-refractivity contribution is -0.130. The summed E-state index contributed by atoms with van der Waals surface area (Å²) >= 11 is 1.19. The van der Waals surface area contributed by atoms with Gasteiger partial charge in [-0.05, 0) is 43.3 Å². The summed E-state index contributed by atoms with van der Waals surface area (Å²) in [5.74, 6) is 0.00849. The predicted molar refractivity (Wildman–Crippen MR) is 105 cm³/mol. The zero-order valence-corrected chi connectivity index (χ0v) is 15.8. The molecule has 2 N–H and O–H groups in total. The number of aromatic nitrogens is 2. The second kappa shape index (κ2) is 8.81. The molecule has 0 aliphatic heterocycles. The minimum Gasteiger partial charge on any atom is -0.437 e. The third kappa shape index (κ3) is 5.51. The SMILES string of the molecule is CC(O)(CSc1cccc(F)c1)C(=O)Nc1ccc(Oc2cccnc2)nc1. The molecule has 0 radical (unpaired) electrons. The third-order valence-corrected chi connectivity index (χ3v) is 4.95. The molecule has 28 heavy (non-hydrogen) atoms. The summed E-state index contributed by atoms with van der Waals surface area (Å²) in [5.41, 5.74) is -1.23. The van der Waals surface area contributed by atoms with Gasteiger partial charge in [-0.3, -0.25) is 9.78 Å². The molecule has 0 fully saturated rings. The maximum absolute atomic E-state index is 13.2. The van der Waals surface area contributed by atoms with E-state index < -0.39 is 11.5 Å². The van der Waals surface area contributed by atoms with Gasteiger partial charge in [0.15, 0.2) is 0 Å². The first-order valence-electron chi connectivity index (χ1n) is 8.38. The van der Waals surface area contributed by atoms with Crippen LogP contribution in [0.2, 0.25) is 0 Å². The van der Waals surface area contributed by atoms with Gasteiger partial charge in [0.25, 0.3) is 5.91 Å². The summed E-state index contributed by atoms with van der Waals surface area (Å²) in [6, 6.07) is 12.7. The molecule has 1 aromatic carbocycles. The summed E-state index contributed by atoms with van der Waals surface area (Å²) in [6.07, 6.45) is 4.63. The summed E-state index contributed by atoms with van der Waals surface area (Å²) in [6.45, 7) is 1.40. The summed E-state index contributed by atoms with van der Waals surface area (Å²) in [4.78, 5) is 21.1. The van der Waals surface area contributed by atoms with Gasteiger partial charge in [0, 0.05) is 22.9 Å². The highest BCUT2D eigenvalue weighted by molar-refractivity contribution is 7.99. The zero-order valence-electron chi connectivity index (χ0n) is 15.0. The van der Waals surface area contributed by atoms with Crippen molar-refractivity contribution in [2.24, 2.45) is 0 Å². The van der Waals surface area contributed by atoms with Crippen LogP contribution < -0.4 is 10.1 Å². The Morgan fingerprint density at radius 1 is 1.25 bits per heavy atom. The highest BCUT2D eigenvalue weighted by Crippen LogP contribution is 2.25. The molecule has 0 spiro atoms. The quantitative estimate of drug-likeness (QED) is 0.587. The van der Waals surface area contributed by atoms with E-state index in [0.29, 0.717) is 22.2 Å². The molecule has 0 saturated carbocycles. The van der Waals surface area contributed by atoms with E-state index in [4.69, 9.17) is 4.74 Å². The first-order chi connectivity index (χ1) is 13.4. The number of carbonyl (C=O) groups is 1. The maximum Gasteiger partial charge on any atom is 0.256 e. The molecule has 1 amide bonds. The van der Waals surface area contributed by atoms with E-state index in [1.54, 1.807) is 48.8 Å². The Kier molecular flexibility index (Phi) is 6.23. The number of aliphatic hydroxyl groups is 1. The van der Waals surface area contributed by atoms with Crippen LogP contribution >= 0.6 is 11.8 Å². The average Bonchev–Trinajstić information content (AvgIpc) is 2.69. The molecular weight excluding hydrogens is 381 g/mol. The van der Waals surface area contributed by atoms with Crippen molar-refractivity contribution >= 4 is 23.4 Å². The maximum atomic E-state index is 13.2. The van der Waals surface area contributed by atoms with Gasteiger partial charge in [-0.1, -0.05) is 6.07 Å². The number of amides is 1. The van der Waals surface area contributed by atoms with Crippen LogP contribution in [-0.2, 0) is 4.79 Å². The van der Waals surface area contributed by atoms with Crippen molar-refractivity contribution in [3.8, 4) is 11.6 Å². The van der Waals surface area contributed by atoms with Crippen LogP contribution in [0.1, 0.15) is 6.92 Å². The summed E-state index contributed by atoms with van der Waals surface area (Å²) in [5, 5.41) is 13.1. The number of ether oxygens (including phenoxy) is 1. The van der Waals surface area contributed by atoms with Gasteiger partial charge in [0.05, 0.1) is 18.1 Å². The zero-order chi connectivity index (χ0) is 20.0. The summed E-state index contributed by atoms with van der Waals surface area (Å²) in [7, 11) is 0. The summed E-state index contributed by atoms with van der Waals surface area (Å²) < 4.78 is 18.8. The molecule has 2 aromatic heterocycles. The van der Waals surface area contributed by atoms with E-state index in [1.807, 2.05) is 0 Å². The Bertz CT molecular complexity index is 937. The minimum atomic E-state index is -1.65. The number of halogens is 1. The first kappa shape index (κ1) is 19.8. The lowest BCUT2D eigenvalue weighted by atomic mass is 10.1. The van der Waals surface area contributed by atoms with Crippen LogP contribution in [0.3, 0.4) is 0 Å². The number of pyridine rings is 2. The molecule has 8 heteroatoms. The van der Waals surface area contributed by atoms with Crippen LogP contribution in [0, 0.1) is 5.82 Å². The second-order valence-corrected chi connectivity index (χ2v) is 7.20. The van der Waals surface area contributed by atoms with Crippen molar-refractivity contribution in [3.05, 3.63) is 72.9 Å². The predicted octanol–water partition coefficient (Wildman–Crippen LogP) is 3.89. The van der Waals surface area contributed by atoms with Crippen molar-refractivity contribution < 1.29 is 19.0 Å². The number of nitrogens with zero attached hydrogens (tertiary/aromatic N) is 2. The van der Waals surface area contributed by atoms with Gasteiger partial charge in [0.2, 0.25) is 5.88 Å². The fourth-order valence-electron chi connectivity index (χ4n) is 2.15. The van der Waals surface area contributed by atoms with Gasteiger partial charge in [-0.15, -0.1) is 11.8 Å². The Morgan fingerprint density at radius 3 is 2.79 bits per heavy atom. The molecule has 1 atom stereocenters. The van der Waals surface area contributed by atoms with Crippen molar-refractivity contribution in [2.75, 3.05) is 11.1 Å². The van der Waals surface area contributed by atoms with Crippen LogP contribution in [0.5, 0.6) is 11.6 Å². The number of thioether (sulfide) groups is 1. The Hall–Kier alpha value is -2.97. The van der Waals surface area contributed by atoms with E-state index in [1.165, 1.54) is 37.0 Å². The average molecular weight is 399 g/mol. The molecule has 144 valence electrons. The van der Waals surface area contributed by atoms with Crippen molar-refractivity contribution in [1.82, 2.24) is 9.97 Å². The van der Waals surface area contributed by atoms with Crippen LogP contribution in [0.15, 0.2) is 72.0 Å². The van der Waals surface area contributed by atoms with Crippen molar-refractivity contribution in [1.29, 1.82) is 0 Å². The Morgan fingerprint density at radius 2 is 2.11 bits per heavy atom. The number of carbonyl (C=O) groups excluding carboxylic acids is 1. The smallest absolute Gasteiger partial charge is 0.256 e. The number of anilines is 1. The van der Waals surface area contributed by atoms with Crippen LogP contribution in [0.4, 0.5) is 10.1 Å². The first-order valence-corrected chi connectivity index (χ1v) is 9.37. The minimum absolute atomic E-state index is 0.0674. The fourth-order valence-corrected chi connectivity index (χ4v) is 3.10. The van der Waals surface area contributed by atoms with E-state index >= 15 is 0 Å². The largest absolute Gasteiger partial charge is 0.437 e. The van der Waals surface area contributed by atoms with E-state index in [2.05, 4.69) is 15.3 Å². The molecule has 0 aliphatic rings. The molecular formula is C20H18FN3O3S. The second-order valence-electron chi connectivity index (χ2n) is 6.15. The fraction of sp³-hybridized carbons (Fsp3) is 0.150. The van der Waals surface area contributed by atoms with Crippen molar-refractivity contribution in [2.45, 2.75) is 17.4 Å². The third-order valence-electron chi connectivity index (χ3n) is 3.66. The standard InChI is InChI=1S/C20H18FN3O3S/c1-20(26,13-28-17-6-2-4-14(21)10-17)19(25)24-15-7-8-18(23-11-15)27-16-5-3-9-22-12-16/h2-12,26H,13H2,1H3,(H,24,25). The number of nitrogens with one attached hydrogen (secondary N) is 1. The highest BCUT2D eigenvalue weighted by atomic mass is 32.2. The molecule has 1 unspecified atom stereocenters. The molecule has 3 rings (SSSR count). The van der Waals surface area contributed by atoms with Crippen LogP contribution in [0.25, 0.3) is 0 Å². The Labute approximate surface area is 165 Å². The van der Waals surface area contributed by atoms with E-state index in [9.17, 15) is 14.3 Å². The lowest BCUT2D eigenvalue weighted by Gasteiger charge is -2.22. The molecule has 0 aliphatic carbocycles. The number of hydrogen-bond donors (Lipinski definition) is 2. The number of hydrogen-bond acceptors (Lipinski definition) is 6. The Balaban J connectivity index is 1.56. The van der Waals surface area contributed by atoms with E-state index in [0.717, 1.165) is 0 Å². The van der Waals surface area contributed by atoms with Gasteiger partial charge < -0.3 is 15.2 Å².